The van der Waals surface area contributed by atoms with E-state index in [0.717, 1.165) is 5.52 Å². The SMILES string of the molecule is COCCNC(=O)[C@@H](OC(=O)c1cc2occc2n1C)c1ccccc1. The fraction of sp³-hybridized carbons (Fsp3) is 0.263. The molecule has 7 heteroatoms. The monoisotopic (exact) mass is 356 g/mol. The van der Waals surface area contributed by atoms with Gasteiger partial charge in [0.1, 0.15) is 5.69 Å². The van der Waals surface area contributed by atoms with Crippen molar-refractivity contribution in [3.8, 4) is 0 Å². The Morgan fingerprint density at radius 3 is 2.69 bits per heavy atom. The van der Waals surface area contributed by atoms with E-state index >= 15 is 0 Å². The first-order valence-corrected chi connectivity index (χ1v) is 8.17. The second-order valence-electron chi connectivity index (χ2n) is 5.74. The Bertz CT molecular complexity index is 897. The minimum atomic E-state index is -1.05. The number of amides is 1. The van der Waals surface area contributed by atoms with Crippen molar-refractivity contribution in [2.24, 2.45) is 7.05 Å². The van der Waals surface area contributed by atoms with Crippen molar-refractivity contribution in [1.29, 1.82) is 0 Å². The predicted octanol–water partition coefficient (Wildman–Crippen LogP) is 2.43. The van der Waals surface area contributed by atoms with Gasteiger partial charge in [0.25, 0.3) is 5.91 Å². The standard InChI is InChI=1S/C19H20N2O5/c1-21-14-8-10-25-16(14)12-15(21)19(23)26-17(13-6-4-3-5-7-13)18(22)20-9-11-24-2/h3-8,10,12,17H,9,11H2,1-2H3,(H,20,22)/t17-/m0/s1. The van der Waals surface area contributed by atoms with Crippen molar-refractivity contribution in [2.75, 3.05) is 20.3 Å². The van der Waals surface area contributed by atoms with Gasteiger partial charge in [-0.15, -0.1) is 0 Å². The summed E-state index contributed by atoms with van der Waals surface area (Å²) in [6.07, 6.45) is 0.497. The summed E-state index contributed by atoms with van der Waals surface area (Å²) in [7, 11) is 3.29. The molecule has 0 radical (unpaired) electrons. The highest BCUT2D eigenvalue weighted by Gasteiger charge is 2.27. The number of carbonyl (C=O) groups excluding carboxylic acids is 2. The summed E-state index contributed by atoms with van der Waals surface area (Å²) in [6, 6.07) is 12.2. The molecule has 2 aromatic heterocycles. The average molecular weight is 356 g/mol. The van der Waals surface area contributed by atoms with Gasteiger partial charge in [-0.2, -0.15) is 0 Å². The maximum absolute atomic E-state index is 12.7. The highest BCUT2D eigenvalue weighted by molar-refractivity contribution is 5.95. The number of methoxy groups -OCH3 is 1. The molecule has 1 atom stereocenters. The molecule has 136 valence electrons. The summed E-state index contributed by atoms with van der Waals surface area (Å²) in [4.78, 5) is 25.2. The first kappa shape index (κ1) is 17.8. The van der Waals surface area contributed by atoms with Crippen molar-refractivity contribution in [1.82, 2.24) is 9.88 Å². The summed E-state index contributed by atoms with van der Waals surface area (Å²) in [5, 5.41) is 2.71. The van der Waals surface area contributed by atoms with Crippen molar-refractivity contribution in [2.45, 2.75) is 6.10 Å². The lowest BCUT2D eigenvalue weighted by Gasteiger charge is -2.18. The molecule has 0 unspecified atom stereocenters. The van der Waals surface area contributed by atoms with E-state index in [-0.39, 0.29) is 0 Å². The molecular formula is C19H20N2O5. The molecule has 0 saturated heterocycles. The van der Waals surface area contributed by atoms with Crippen LogP contribution in [-0.2, 0) is 21.3 Å². The van der Waals surface area contributed by atoms with Crippen LogP contribution >= 0.6 is 0 Å². The van der Waals surface area contributed by atoms with E-state index in [2.05, 4.69) is 5.32 Å². The molecule has 2 heterocycles. The third kappa shape index (κ3) is 3.62. The van der Waals surface area contributed by atoms with Gasteiger partial charge < -0.3 is 23.8 Å². The average Bonchev–Trinajstić information content (AvgIpc) is 3.23. The Hall–Kier alpha value is -3.06. The van der Waals surface area contributed by atoms with Gasteiger partial charge in [-0.1, -0.05) is 30.3 Å². The van der Waals surface area contributed by atoms with Crippen LogP contribution in [0.5, 0.6) is 0 Å². The van der Waals surface area contributed by atoms with Gasteiger partial charge in [0, 0.05) is 38.4 Å². The molecule has 0 aliphatic heterocycles. The topological polar surface area (TPSA) is 82.7 Å². The van der Waals surface area contributed by atoms with Gasteiger partial charge in [0.2, 0.25) is 6.10 Å². The number of esters is 1. The number of furan rings is 1. The molecule has 7 nitrogen and oxygen atoms in total. The van der Waals surface area contributed by atoms with Crippen LogP contribution in [0, 0.1) is 0 Å². The first-order chi connectivity index (χ1) is 12.6. The molecule has 1 aromatic carbocycles. The predicted molar refractivity (Wildman–Crippen MR) is 94.7 cm³/mol. The second-order valence-corrected chi connectivity index (χ2v) is 5.74. The number of carbonyl (C=O) groups is 2. The maximum Gasteiger partial charge on any atom is 0.356 e. The largest absolute Gasteiger partial charge is 0.463 e. The van der Waals surface area contributed by atoms with Crippen LogP contribution < -0.4 is 5.32 Å². The number of benzene rings is 1. The number of nitrogens with zero attached hydrogens (tertiary/aromatic N) is 1. The van der Waals surface area contributed by atoms with E-state index in [1.165, 1.54) is 0 Å². The number of ether oxygens (including phenoxy) is 2. The Labute approximate surface area is 150 Å². The Morgan fingerprint density at radius 1 is 1.23 bits per heavy atom. The molecule has 26 heavy (non-hydrogen) atoms. The maximum atomic E-state index is 12.7. The Kier molecular flexibility index (Phi) is 5.38. The molecule has 0 saturated carbocycles. The van der Waals surface area contributed by atoms with Gasteiger partial charge in [0.05, 0.1) is 18.4 Å². The fourth-order valence-corrected chi connectivity index (χ4v) is 2.68. The summed E-state index contributed by atoms with van der Waals surface area (Å²) in [6.45, 7) is 0.697. The lowest BCUT2D eigenvalue weighted by molar-refractivity contribution is -0.130. The molecule has 0 aliphatic carbocycles. The number of hydrogen-bond donors (Lipinski definition) is 1. The smallest absolute Gasteiger partial charge is 0.356 e. The zero-order valence-corrected chi connectivity index (χ0v) is 14.6. The third-order valence-corrected chi connectivity index (χ3v) is 4.04. The van der Waals surface area contributed by atoms with Gasteiger partial charge in [-0.25, -0.2) is 4.79 Å². The minimum absolute atomic E-state index is 0.310. The van der Waals surface area contributed by atoms with Gasteiger partial charge >= 0.3 is 5.97 Å². The van der Waals surface area contributed by atoms with Gasteiger partial charge in [0.15, 0.2) is 5.58 Å². The van der Waals surface area contributed by atoms with E-state index in [4.69, 9.17) is 13.9 Å². The van der Waals surface area contributed by atoms with Crippen LogP contribution in [0.1, 0.15) is 22.2 Å². The number of fused-ring (bicyclic) bond motifs is 1. The summed E-state index contributed by atoms with van der Waals surface area (Å²) in [5.41, 5.74) is 2.26. The summed E-state index contributed by atoms with van der Waals surface area (Å²) < 4.78 is 17.5. The molecule has 0 aliphatic rings. The highest BCUT2D eigenvalue weighted by atomic mass is 16.5. The zero-order chi connectivity index (χ0) is 18.5. The number of aryl methyl sites for hydroxylation is 1. The highest BCUT2D eigenvalue weighted by Crippen LogP contribution is 2.23. The van der Waals surface area contributed by atoms with Crippen molar-refractivity contribution < 1.29 is 23.5 Å². The second kappa shape index (κ2) is 7.88. The molecule has 3 aromatic rings. The number of aromatic nitrogens is 1. The number of rotatable bonds is 7. The van der Waals surface area contributed by atoms with Crippen LogP contribution in [0.2, 0.25) is 0 Å². The van der Waals surface area contributed by atoms with Crippen molar-refractivity contribution in [3.63, 3.8) is 0 Å². The summed E-state index contributed by atoms with van der Waals surface area (Å²) >= 11 is 0. The van der Waals surface area contributed by atoms with E-state index in [9.17, 15) is 9.59 Å². The molecule has 3 rings (SSSR count). The van der Waals surface area contributed by atoms with Crippen LogP contribution in [0.25, 0.3) is 11.1 Å². The van der Waals surface area contributed by atoms with Crippen LogP contribution in [-0.4, -0.2) is 36.7 Å². The molecule has 0 fully saturated rings. The Morgan fingerprint density at radius 2 is 2.00 bits per heavy atom. The minimum Gasteiger partial charge on any atom is -0.463 e. The molecule has 0 bridgehead atoms. The van der Waals surface area contributed by atoms with E-state index in [0.29, 0.717) is 30.0 Å². The fourth-order valence-electron chi connectivity index (χ4n) is 2.68. The molecule has 0 spiro atoms. The molecular weight excluding hydrogens is 336 g/mol. The van der Waals surface area contributed by atoms with Crippen LogP contribution in [0.3, 0.4) is 0 Å². The van der Waals surface area contributed by atoms with Crippen LogP contribution in [0.4, 0.5) is 0 Å². The van der Waals surface area contributed by atoms with Crippen molar-refractivity contribution in [3.05, 3.63) is 60.0 Å². The third-order valence-electron chi connectivity index (χ3n) is 4.04. The van der Waals surface area contributed by atoms with E-state index in [1.807, 2.05) is 6.07 Å². The normalized spacial score (nSPS) is 12.1. The summed E-state index contributed by atoms with van der Waals surface area (Å²) in [5.74, 6) is -1.01. The lowest BCUT2D eigenvalue weighted by Crippen LogP contribution is -2.34. The zero-order valence-electron chi connectivity index (χ0n) is 14.6. The first-order valence-electron chi connectivity index (χ1n) is 8.17. The van der Waals surface area contributed by atoms with Crippen molar-refractivity contribution >= 4 is 23.0 Å². The quantitative estimate of drug-likeness (QED) is 0.519. The lowest BCUT2D eigenvalue weighted by atomic mass is 10.1. The number of nitrogens with one attached hydrogen (secondary N) is 1. The Balaban J connectivity index is 1.82. The van der Waals surface area contributed by atoms with Gasteiger partial charge in [-0.05, 0) is 0 Å². The molecule has 1 amide bonds. The van der Waals surface area contributed by atoms with E-state index in [1.54, 1.807) is 61.4 Å². The molecule has 1 N–H and O–H groups in total. The van der Waals surface area contributed by atoms with Crippen LogP contribution in [0.15, 0.2) is 53.1 Å². The number of hydrogen-bond acceptors (Lipinski definition) is 5. The van der Waals surface area contributed by atoms with E-state index < -0.39 is 18.0 Å². The van der Waals surface area contributed by atoms with Gasteiger partial charge in [-0.3, -0.25) is 4.79 Å².